The van der Waals surface area contributed by atoms with E-state index in [2.05, 4.69) is 15.3 Å². The van der Waals surface area contributed by atoms with E-state index in [0.29, 0.717) is 37.4 Å². The van der Waals surface area contributed by atoms with Crippen molar-refractivity contribution in [3.8, 4) is 5.75 Å². The number of hydrogen-bond acceptors (Lipinski definition) is 3. The van der Waals surface area contributed by atoms with Crippen LogP contribution < -0.4 is 10.1 Å². The Bertz CT molecular complexity index is 519. The minimum absolute atomic E-state index is 0.00434. The molecule has 20 heavy (non-hydrogen) atoms. The number of methoxy groups -OCH3 is 1. The molecule has 7 heteroatoms. The van der Waals surface area contributed by atoms with E-state index in [1.165, 1.54) is 0 Å². The summed E-state index contributed by atoms with van der Waals surface area (Å²) >= 11 is 0. The van der Waals surface area contributed by atoms with Gasteiger partial charge in [0.1, 0.15) is 5.75 Å². The molecule has 7 nitrogen and oxygen atoms in total. The van der Waals surface area contributed by atoms with Gasteiger partial charge in [0.15, 0.2) is 0 Å². The lowest BCUT2D eigenvalue weighted by atomic mass is 10.1. The molecule has 0 atom stereocenters. The highest BCUT2D eigenvalue weighted by atomic mass is 16.5. The number of amides is 2. The summed E-state index contributed by atoms with van der Waals surface area (Å²) in [6.45, 7) is 1.18. The van der Waals surface area contributed by atoms with E-state index in [0.717, 1.165) is 0 Å². The van der Waals surface area contributed by atoms with Gasteiger partial charge in [0.25, 0.3) is 0 Å². The van der Waals surface area contributed by atoms with E-state index in [-0.39, 0.29) is 12.1 Å². The number of carbonyl (C=O) groups excluding carboxylic acids is 1. The number of rotatable bonds is 3. The van der Waals surface area contributed by atoms with E-state index in [1.807, 2.05) is 12.1 Å². The number of nitrogens with zero attached hydrogens (tertiary/aromatic N) is 4. The second kappa shape index (κ2) is 6.68. The van der Waals surface area contributed by atoms with Crippen molar-refractivity contribution in [2.75, 3.05) is 25.5 Å². The third-order valence-corrected chi connectivity index (χ3v) is 3.32. The van der Waals surface area contributed by atoms with Crippen LogP contribution >= 0.6 is 0 Å². The molecule has 106 valence electrons. The van der Waals surface area contributed by atoms with Crippen molar-refractivity contribution in [1.82, 2.24) is 4.90 Å². The maximum Gasteiger partial charge on any atom is 0.321 e. The van der Waals surface area contributed by atoms with Crippen molar-refractivity contribution >= 4 is 11.7 Å². The predicted octanol–water partition coefficient (Wildman–Crippen LogP) is 3.00. The Morgan fingerprint density at radius 2 is 2.15 bits per heavy atom. The first kappa shape index (κ1) is 14.0. The van der Waals surface area contributed by atoms with Crippen LogP contribution in [0.2, 0.25) is 0 Å². The van der Waals surface area contributed by atoms with Gasteiger partial charge >= 0.3 is 6.03 Å². The van der Waals surface area contributed by atoms with Crippen molar-refractivity contribution in [2.45, 2.75) is 18.9 Å². The number of ether oxygens (including phenoxy) is 1. The number of benzene rings is 1. The fourth-order valence-corrected chi connectivity index (χ4v) is 2.20. The van der Waals surface area contributed by atoms with Gasteiger partial charge in [-0.25, -0.2) is 4.79 Å². The zero-order chi connectivity index (χ0) is 14.4. The number of hydrogen-bond donors (Lipinski definition) is 1. The SMILES string of the molecule is COc1ccccc1NC(=O)N1CCC(N=[N+]=[N-])CC1. The molecule has 1 saturated heterocycles. The molecule has 1 fully saturated rings. The monoisotopic (exact) mass is 275 g/mol. The van der Waals surface area contributed by atoms with Gasteiger partial charge < -0.3 is 15.0 Å². The molecule has 0 bridgehead atoms. The van der Waals surface area contributed by atoms with Gasteiger partial charge in [0.05, 0.1) is 12.8 Å². The van der Waals surface area contributed by atoms with Crippen LogP contribution in [0.15, 0.2) is 29.4 Å². The lowest BCUT2D eigenvalue weighted by Crippen LogP contribution is -2.42. The molecular weight excluding hydrogens is 258 g/mol. The Labute approximate surface area is 117 Å². The highest BCUT2D eigenvalue weighted by Crippen LogP contribution is 2.24. The Hall–Kier alpha value is -2.40. The number of piperidine rings is 1. The number of likely N-dealkylation sites (tertiary alicyclic amines) is 1. The Balaban J connectivity index is 1.94. The predicted molar refractivity (Wildman–Crippen MR) is 75.8 cm³/mol. The summed E-state index contributed by atoms with van der Waals surface area (Å²) in [6.07, 6.45) is 1.40. The van der Waals surface area contributed by atoms with Crippen LogP contribution in [0.1, 0.15) is 12.8 Å². The van der Waals surface area contributed by atoms with Crippen LogP contribution in [0.5, 0.6) is 5.75 Å². The lowest BCUT2D eigenvalue weighted by Gasteiger charge is -2.30. The van der Waals surface area contributed by atoms with Crippen molar-refractivity contribution in [2.24, 2.45) is 5.11 Å². The molecule has 0 unspecified atom stereocenters. The van der Waals surface area contributed by atoms with Gasteiger partial charge in [-0.2, -0.15) is 0 Å². The Morgan fingerprint density at radius 3 is 2.80 bits per heavy atom. The number of nitrogens with one attached hydrogen (secondary N) is 1. The summed E-state index contributed by atoms with van der Waals surface area (Å²) in [5.41, 5.74) is 9.05. The standard InChI is InChI=1S/C13H17N5O2/c1-20-12-5-3-2-4-11(12)15-13(19)18-8-6-10(7-9-18)16-17-14/h2-5,10H,6-9H2,1H3,(H,15,19). The van der Waals surface area contributed by atoms with Gasteiger partial charge in [-0.15, -0.1) is 0 Å². The molecule has 2 amide bonds. The normalized spacial score (nSPS) is 15.3. The minimum Gasteiger partial charge on any atom is -0.495 e. The van der Waals surface area contributed by atoms with E-state index >= 15 is 0 Å². The molecular formula is C13H17N5O2. The van der Waals surface area contributed by atoms with E-state index in [4.69, 9.17) is 10.3 Å². The molecule has 0 aromatic heterocycles. The Morgan fingerprint density at radius 1 is 1.45 bits per heavy atom. The molecule has 0 radical (unpaired) electrons. The number of para-hydroxylation sites is 2. The average molecular weight is 275 g/mol. The molecule has 0 spiro atoms. The molecule has 0 saturated carbocycles. The largest absolute Gasteiger partial charge is 0.495 e. The van der Waals surface area contributed by atoms with E-state index in [1.54, 1.807) is 24.1 Å². The zero-order valence-corrected chi connectivity index (χ0v) is 11.3. The smallest absolute Gasteiger partial charge is 0.321 e. The zero-order valence-electron chi connectivity index (χ0n) is 11.3. The van der Waals surface area contributed by atoms with Gasteiger partial charge in [0.2, 0.25) is 0 Å². The maximum atomic E-state index is 12.2. The quantitative estimate of drug-likeness (QED) is 0.522. The molecule has 1 aliphatic rings. The fraction of sp³-hybridized carbons (Fsp3) is 0.462. The van der Waals surface area contributed by atoms with Crippen molar-refractivity contribution < 1.29 is 9.53 Å². The summed E-state index contributed by atoms with van der Waals surface area (Å²) in [5, 5.41) is 6.53. The molecule has 1 aliphatic heterocycles. The van der Waals surface area contributed by atoms with Crippen LogP contribution in [0.3, 0.4) is 0 Å². The van der Waals surface area contributed by atoms with Crippen molar-refractivity contribution in [3.05, 3.63) is 34.7 Å². The van der Waals surface area contributed by atoms with Crippen LogP contribution in [0.25, 0.3) is 10.4 Å². The lowest BCUT2D eigenvalue weighted by molar-refractivity contribution is 0.195. The summed E-state index contributed by atoms with van der Waals surface area (Å²) < 4.78 is 5.19. The summed E-state index contributed by atoms with van der Waals surface area (Å²) in [6, 6.07) is 7.11. The van der Waals surface area contributed by atoms with Crippen LogP contribution in [0, 0.1) is 0 Å². The minimum atomic E-state index is -0.158. The first-order valence-electron chi connectivity index (χ1n) is 6.47. The molecule has 2 rings (SSSR count). The van der Waals surface area contributed by atoms with Gasteiger partial charge in [0, 0.05) is 24.0 Å². The average Bonchev–Trinajstić information content (AvgIpc) is 2.49. The van der Waals surface area contributed by atoms with Gasteiger partial charge in [-0.05, 0) is 30.5 Å². The molecule has 0 aliphatic carbocycles. The van der Waals surface area contributed by atoms with Crippen molar-refractivity contribution in [1.29, 1.82) is 0 Å². The van der Waals surface area contributed by atoms with Crippen molar-refractivity contribution in [3.63, 3.8) is 0 Å². The molecule has 1 aromatic carbocycles. The number of urea groups is 1. The second-order valence-electron chi connectivity index (χ2n) is 4.55. The summed E-state index contributed by atoms with van der Waals surface area (Å²) in [7, 11) is 1.57. The number of anilines is 1. The molecule has 1 aromatic rings. The first-order chi connectivity index (χ1) is 9.74. The van der Waals surface area contributed by atoms with E-state index < -0.39 is 0 Å². The number of azide groups is 1. The summed E-state index contributed by atoms with van der Waals surface area (Å²) in [5.74, 6) is 0.629. The van der Waals surface area contributed by atoms with Gasteiger partial charge in [-0.3, -0.25) is 0 Å². The van der Waals surface area contributed by atoms with Crippen LogP contribution in [-0.4, -0.2) is 37.2 Å². The highest BCUT2D eigenvalue weighted by Gasteiger charge is 2.22. The third-order valence-electron chi connectivity index (χ3n) is 3.32. The highest BCUT2D eigenvalue weighted by molar-refractivity contribution is 5.91. The third kappa shape index (κ3) is 3.33. The van der Waals surface area contributed by atoms with E-state index in [9.17, 15) is 4.79 Å². The fourth-order valence-electron chi connectivity index (χ4n) is 2.20. The molecule has 1 heterocycles. The Kier molecular flexibility index (Phi) is 4.68. The number of carbonyl (C=O) groups is 1. The van der Waals surface area contributed by atoms with Gasteiger partial charge in [-0.1, -0.05) is 17.2 Å². The van der Waals surface area contributed by atoms with Crippen LogP contribution in [0.4, 0.5) is 10.5 Å². The summed E-state index contributed by atoms with van der Waals surface area (Å²) in [4.78, 5) is 16.7. The topological polar surface area (TPSA) is 90.3 Å². The maximum absolute atomic E-state index is 12.2. The van der Waals surface area contributed by atoms with Crippen LogP contribution in [-0.2, 0) is 0 Å². The second-order valence-corrected chi connectivity index (χ2v) is 4.55. The molecule has 1 N–H and O–H groups in total. The first-order valence-corrected chi connectivity index (χ1v) is 6.47.